The maximum atomic E-state index is 10.6. The quantitative estimate of drug-likeness (QED) is 0.367. The fraction of sp³-hybridized carbons (Fsp3) is 0. The van der Waals surface area contributed by atoms with Crippen molar-refractivity contribution in [1.29, 1.82) is 0 Å². The summed E-state index contributed by atoms with van der Waals surface area (Å²) < 4.78 is 4.18. The molecule has 2 aromatic rings. The van der Waals surface area contributed by atoms with E-state index in [4.69, 9.17) is 0 Å². The molecular weight excluding hydrogens is 204 g/mol. The van der Waals surface area contributed by atoms with E-state index in [2.05, 4.69) is 14.9 Å². The van der Waals surface area contributed by atoms with E-state index in [0.29, 0.717) is 0 Å². The van der Waals surface area contributed by atoms with E-state index in [1.54, 1.807) is 6.07 Å². The Morgan fingerprint density at radius 2 is 2.13 bits per heavy atom. The molecule has 0 atom stereocenters. The summed E-state index contributed by atoms with van der Waals surface area (Å²) in [5, 5.41) is 27.8. The molecule has 0 aliphatic carbocycles. The highest BCUT2D eigenvalue weighted by Crippen LogP contribution is 2.16. The van der Waals surface area contributed by atoms with Crippen LogP contribution in [0.1, 0.15) is 0 Å². The first-order valence-corrected chi connectivity index (χ1v) is 3.85. The Labute approximate surface area is 82.5 Å². The molecule has 0 saturated heterocycles. The van der Waals surface area contributed by atoms with Crippen LogP contribution >= 0.6 is 0 Å². The van der Waals surface area contributed by atoms with Gasteiger partial charge in [0.1, 0.15) is 5.27 Å². The standard InChI is InChI=1S/C7H4N4O4/c12-7-8-10(9-15-7)5-3-1-2-4-6(5)11(13)14/h1-4H. The number of nitro groups is 1. The summed E-state index contributed by atoms with van der Waals surface area (Å²) in [6.07, 6.45) is -0.909. The van der Waals surface area contributed by atoms with Crippen molar-refractivity contribution in [3.63, 3.8) is 0 Å². The van der Waals surface area contributed by atoms with Crippen molar-refractivity contribution in [3.05, 3.63) is 34.4 Å². The molecule has 0 amide bonds. The number of nitro benzene ring substituents is 1. The number of rotatable bonds is 2. The molecule has 76 valence electrons. The van der Waals surface area contributed by atoms with Gasteiger partial charge in [0, 0.05) is 12.1 Å². The van der Waals surface area contributed by atoms with Gasteiger partial charge in [0.15, 0.2) is 0 Å². The average Bonchev–Trinajstić information content (AvgIpc) is 2.65. The summed E-state index contributed by atoms with van der Waals surface area (Å²) in [5.74, 6) is 0. The van der Waals surface area contributed by atoms with Gasteiger partial charge in [-0.1, -0.05) is 12.1 Å². The summed E-state index contributed by atoms with van der Waals surface area (Å²) in [4.78, 5) is 10.8. The van der Waals surface area contributed by atoms with Crippen molar-refractivity contribution in [1.82, 2.24) is 10.4 Å². The first kappa shape index (κ1) is 9.06. The van der Waals surface area contributed by atoms with Crippen molar-refractivity contribution < 1.29 is 19.3 Å². The number of hydrogen-bond donors (Lipinski definition) is 0. The molecule has 0 aliphatic heterocycles. The number of aromatic nitrogens is 3. The molecule has 1 heterocycles. The molecule has 8 nitrogen and oxygen atoms in total. The highest BCUT2D eigenvalue weighted by molar-refractivity contribution is 5.45. The van der Waals surface area contributed by atoms with Crippen LogP contribution in [0.2, 0.25) is 0 Å². The summed E-state index contributed by atoms with van der Waals surface area (Å²) in [5.41, 5.74) is -0.128. The third kappa shape index (κ3) is 1.59. The van der Waals surface area contributed by atoms with Crippen LogP contribution in [0.25, 0.3) is 5.69 Å². The summed E-state index contributed by atoms with van der Waals surface area (Å²) in [6.45, 7) is 0. The normalized spacial score (nSPS) is 10.1. The topological polar surface area (TPSA) is 109 Å². The van der Waals surface area contributed by atoms with E-state index in [-0.39, 0.29) is 11.4 Å². The molecule has 0 bridgehead atoms. The lowest BCUT2D eigenvalue weighted by atomic mass is 10.3. The molecule has 0 radical (unpaired) electrons. The molecule has 15 heavy (non-hydrogen) atoms. The van der Waals surface area contributed by atoms with Gasteiger partial charge in [0.25, 0.3) is 0 Å². The van der Waals surface area contributed by atoms with Crippen LogP contribution in [-0.2, 0) is 0 Å². The predicted octanol–water partition coefficient (Wildman–Crippen LogP) is -0.672. The van der Waals surface area contributed by atoms with E-state index in [1.807, 2.05) is 0 Å². The first-order chi connectivity index (χ1) is 7.18. The molecular formula is C7H4N4O4. The first-order valence-electron chi connectivity index (χ1n) is 3.85. The Balaban J connectivity index is 2.57. The molecule has 0 saturated carbocycles. The second-order valence-electron chi connectivity index (χ2n) is 2.57. The maximum Gasteiger partial charge on any atom is 0.346 e. The molecule has 0 unspecified atom stereocenters. The van der Waals surface area contributed by atoms with Crippen molar-refractivity contribution in [2.75, 3.05) is 0 Å². The van der Waals surface area contributed by atoms with Gasteiger partial charge in [-0.2, -0.15) is 0 Å². The van der Waals surface area contributed by atoms with Crippen molar-refractivity contribution in [2.45, 2.75) is 0 Å². The predicted molar refractivity (Wildman–Crippen MR) is 41.9 cm³/mol. The smallest absolute Gasteiger partial charge is 0.346 e. The molecule has 8 heteroatoms. The van der Waals surface area contributed by atoms with Crippen molar-refractivity contribution in [3.8, 4) is 11.8 Å². The minimum atomic E-state index is -0.909. The van der Waals surface area contributed by atoms with Crippen LogP contribution in [0, 0.1) is 10.1 Å². The zero-order valence-electron chi connectivity index (χ0n) is 7.23. The van der Waals surface area contributed by atoms with Crippen LogP contribution in [0.15, 0.2) is 28.8 Å². The molecule has 0 aliphatic rings. The fourth-order valence-electron chi connectivity index (χ4n) is 1.07. The number of para-hydroxylation sites is 2. The monoisotopic (exact) mass is 208 g/mol. The van der Waals surface area contributed by atoms with Crippen LogP contribution < -0.4 is 9.90 Å². The van der Waals surface area contributed by atoms with Gasteiger partial charge in [-0.05, 0) is 0 Å². The molecule has 1 aromatic heterocycles. The summed E-state index contributed by atoms with van der Waals surface area (Å²) in [6, 6.07) is 5.76. The molecule has 0 spiro atoms. The highest BCUT2D eigenvalue weighted by atomic mass is 16.6. The highest BCUT2D eigenvalue weighted by Gasteiger charge is 2.25. The third-order valence-corrected chi connectivity index (χ3v) is 1.67. The van der Waals surface area contributed by atoms with E-state index in [9.17, 15) is 15.2 Å². The number of hydrogen-bond acceptors (Lipinski definition) is 6. The summed E-state index contributed by atoms with van der Waals surface area (Å²) in [7, 11) is 0. The molecule has 1 aromatic carbocycles. The number of benzene rings is 1. The van der Waals surface area contributed by atoms with Crippen LogP contribution in [0.4, 0.5) is 5.69 Å². The van der Waals surface area contributed by atoms with Crippen LogP contribution in [0.3, 0.4) is 0 Å². The minimum Gasteiger partial charge on any atom is -0.523 e. The lowest BCUT2D eigenvalue weighted by Crippen LogP contribution is -2.36. The second kappa shape index (κ2) is 3.33. The second-order valence-corrected chi connectivity index (χ2v) is 2.57. The molecule has 0 N–H and O–H groups in total. The van der Waals surface area contributed by atoms with Gasteiger partial charge in [0.2, 0.25) is 6.08 Å². The van der Waals surface area contributed by atoms with E-state index in [1.165, 1.54) is 18.2 Å². The SMILES string of the molecule is O=[N+]([O-])c1ccccc1-[n+]1noc([O-])n1. The van der Waals surface area contributed by atoms with E-state index >= 15 is 0 Å². The Kier molecular flexibility index (Phi) is 2.01. The van der Waals surface area contributed by atoms with Crippen molar-refractivity contribution >= 4 is 5.69 Å². The Hall–Kier alpha value is -2.51. The average molecular weight is 208 g/mol. The van der Waals surface area contributed by atoms with Gasteiger partial charge in [-0.15, -0.1) is 0 Å². The van der Waals surface area contributed by atoms with Crippen molar-refractivity contribution in [2.24, 2.45) is 0 Å². The minimum absolute atomic E-state index is 0.0772. The van der Waals surface area contributed by atoms with Gasteiger partial charge in [-0.25, -0.2) is 0 Å². The van der Waals surface area contributed by atoms with Crippen LogP contribution in [0.5, 0.6) is 6.08 Å². The Morgan fingerprint density at radius 1 is 1.40 bits per heavy atom. The van der Waals surface area contributed by atoms with Gasteiger partial charge >= 0.3 is 11.4 Å². The third-order valence-electron chi connectivity index (χ3n) is 1.67. The zero-order valence-corrected chi connectivity index (χ0v) is 7.23. The fourth-order valence-corrected chi connectivity index (χ4v) is 1.07. The Bertz CT molecular complexity index is 509. The van der Waals surface area contributed by atoms with E-state index in [0.717, 1.165) is 4.80 Å². The molecule has 2 rings (SSSR count). The van der Waals surface area contributed by atoms with Gasteiger partial charge in [0.05, 0.1) is 14.8 Å². The molecule has 0 fully saturated rings. The lowest BCUT2D eigenvalue weighted by molar-refractivity contribution is -0.728. The summed E-state index contributed by atoms with van der Waals surface area (Å²) >= 11 is 0. The Morgan fingerprint density at radius 3 is 2.73 bits per heavy atom. The lowest BCUT2D eigenvalue weighted by Gasteiger charge is -1.89. The van der Waals surface area contributed by atoms with Gasteiger partial charge < -0.3 is 9.63 Å². The largest absolute Gasteiger partial charge is 0.523 e. The maximum absolute atomic E-state index is 10.6. The van der Waals surface area contributed by atoms with E-state index < -0.39 is 11.0 Å². The number of nitrogens with zero attached hydrogens (tertiary/aromatic N) is 4. The zero-order chi connectivity index (χ0) is 10.8. The van der Waals surface area contributed by atoms with Crippen LogP contribution in [-0.4, -0.2) is 15.3 Å². The van der Waals surface area contributed by atoms with Gasteiger partial charge in [-0.3, -0.25) is 10.1 Å².